The Morgan fingerprint density at radius 1 is 0.711 bits per heavy atom. The van der Waals surface area contributed by atoms with Crippen LogP contribution in [0.15, 0.2) is 88.9 Å². The van der Waals surface area contributed by atoms with Gasteiger partial charge in [0.1, 0.15) is 5.57 Å². The maximum absolute atomic E-state index is 13.9. The predicted molar refractivity (Wildman–Crippen MR) is 161 cm³/mol. The van der Waals surface area contributed by atoms with Crippen LogP contribution in [-0.2, 0) is 9.59 Å². The number of aromatic nitrogens is 1. The van der Waals surface area contributed by atoms with Gasteiger partial charge in [-0.1, -0.05) is 40.2 Å². The van der Waals surface area contributed by atoms with Crippen molar-refractivity contribution in [3.63, 3.8) is 0 Å². The van der Waals surface area contributed by atoms with E-state index in [4.69, 9.17) is 12.2 Å². The summed E-state index contributed by atoms with van der Waals surface area (Å²) in [7, 11) is 0. The molecular formula is C31H26BrN3O2S. The Kier molecular flexibility index (Phi) is 6.90. The molecule has 2 heterocycles. The van der Waals surface area contributed by atoms with Gasteiger partial charge in [-0.15, -0.1) is 0 Å². The lowest BCUT2D eigenvalue weighted by Crippen LogP contribution is -2.57. The molecule has 0 atom stereocenters. The van der Waals surface area contributed by atoms with E-state index in [-0.39, 0.29) is 10.7 Å². The first-order valence-corrected chi connectivity index (χ1v) is 13.4. The van der Waals surface area contributed by atoms with E-state index >= 15 is 0 Å². The normalized spacial score (nSPS) is 15.1. The van der Waals surface area contributed by atoms with Gasteiger partial charge in [-0.3, -0.25) is 19.4 Å². The molecule has 0 radical (unpaired) electrons. The lowest BCUT2D eigenvalue weighted by Gasteiger charge is -2.36. The number of halogens is 1. The largest absolute Gasteiger partial charge is 0.318 e. The number of amides is 2. The topological polar surface area (TPSA) is 45.6 Å². The molecule has 4 aromatic rings. The van der Waals surface area contributed by atoms with Gasteiger partial charge in [0, 0.05) is 21.5 Å². The lowest BCUT2D eigenvalue weighted by atomic mass is 10.0. The second kappa shape index (κ2) is 10.2. The molecule has 5 nitrogen and oxygen atoms in total. The summed E-state index contributed by atoms with van der Waals surface area (Å²) in [4.78, 5) is 30.7. The summed E-state index contributed by atoms with van der Waals surface area (Å²) >= 11 is 9.25. The predicted octanol–water partition coefficient (Wildman–Crippen LogP) is 7.22. The Balaban J connectivity index is 1.66. The minimum absolute atomic E-state index is 0.0525. The number of carbonyl (C=O) groups is 2. The average Bonchev–Trinajstić information content (AvgIpc) is 3.17. The van der Waals surface area contributed by atoms with Crippen LogP contribution in [0.3, 0.4) is 0 Å². The second-order valence-corrected chi connectivity index (χ2v) is 10.6. The van der Waals surface area contributed by atoms with Crippen LogP contribution >= 0.6 is 28.1 Å². The van der Waals surface area contributed by atoms with E-state index in [1.807, 2.05) is 107 Å². The highest BCUT2D eigenvalue weighted by molar-refractivity contribution is 9.10. The first kappa shape index (κ1) is 25.8. The molecular weight excluding hydrogens is 558 g/mol. The summed E-state index contributed by atoms with van der Waals surface area (Å²) in [6.07, 6.45) is 1.69. The highest BCUT2D eigenvalue weighted by Gasteiger charge is 2.41. The summed E-state index contributed by atoms with van der Waals surface area (Å²) in [5, 5.41) is 0.131. The number of carbonyl (C=O) groups excluding carboxylic acids is 2. The molecule has 2 amide bonds. The second-order valence-electron chi connectivity index (χ2n) is 9.36. The maximum Gasteiger partial charge on any atom is 0.270 e. The summed E-state index contributed by atoms with van der Waals surface area (Å²) in [5.41, 5.74) is 7.14. The molecule has 0 saturated carbocycles. The molecule has 5 rings (SSSR count). The Labute approximate surface area is 236 Å². The minimum Gasteiger partial charge on any atom is -0.318 e. The Bertz CT molecular complexity index is 1620. The van der Waals surface area contributed by atoms with Gasteiger partial charge in [-0.25, -0.2) is 0 Å². The summed E-state index contributed by atoms with van der Waals surface area (Å²) in [5.74, 6) is -0.886. The number of para-hydroxylation sites is 1. The van der Waals surface area contributed by atoms with Gasteiger partial charge in [0.05, 0.1) is 11.4 Å². The van der Waals surface area contributed by atoms with Gasteiger partial charge >= 0.3 is 0 Å². The Hall–Kier alpha value is -3.81. The molecule has 38 heavy (non-hydrogen) atoms. The fraction of sp³-hybridized carbons (Fsp3) is 0.129. The molecule has 1 aliphatic rings. The molecule has 1 aliphatic heterocycles. The highest BCUT2D eigenvalue weighted by Crippen LogP contribution is 2.32. The molecule has 0 unspecified atom stereocenters. The average molecular weight is 585 g/mol. The first-order valence-electron chi connectivity index (χ1n) is 12.2. The van der Waals surface area contributed by atoms with E-state index in [2.05, 4.69) is 20.5 Å². The third kappa shape index (κ3) is 4.52. The number of hydrogen-bond acceptors (Lipinski definition) is 3. The van der Waals surface area contributed by atoms with Crippen LogP contribution in [0.4, 0.5) is 11.4 Å². The number of benzene rings is 3. The maximum atomic E-state index is 13.9. The van der Waals surface area contributed by atoms with Crippen LogP contribution in [0.5, 0.6) is 0 Å². The van der Waals surface area contributed by atoms with Gasteiger partial charge in [0.15, 0.2) is 5.11 Å². The summed E-state index contributed by atoms with van der Waals surface area (Å²) in [6.45, 7) is 8.00. The zero-order chi connectivity index (χ0) is 27.1. The van der Waals surface area contributed by atoms with Gasteiger partial charge < -0.3 is 4.57 Å². The van der Waals surface area contributed by atoms with Crippen molar-refractivity contribution in [2.75, 3.05) is 9.80 Å². The van der Waals surface area contributed by atoms with Crippen molar-refractivity contribution in [3.05, 3.63) is 117 Å². The highest BCUT2D eigenvalue weighted by atomic mass is 79.9. The standard InChI is InChI=1S/C31H26BrN3O2S/c1-19-10-13-27(16-20(19)2)35-30(37)28(29(36)34(31(35)38)25-8-6-5-7-9-25)18-23-17-21(3)33(22(23)4)26-14-11-24(32)12-15-26/h5-18H,1-4H3/b28-18-. The fourth-order valence-electron chi connectivity index (χ4n) is 4.70. The van der Waals surface area contributed by atoms with Gasteiger partial charge in [-0.05, 0) is 117 Å². The molecule has 0 bridgehead atoms. The number of thiocarbonyl (C=S) groups is 1. The molecule has 7 heteroatoms. The molecule has 1 fully saturated rings. The van der Waals surface area contributed by atoms with E-state index in [9.17, 15) is 9.59 Å². The number of nitrogens with zero attached hydrogens (tertiary/aromatic N) is 3. The van der Waals surface area contributed by atoms with Crippen LogP contribution in [0, 0.1) is 27.7 Å². The smallest absolute Gasteiger partial charge is 0.270 e. The minimum atomic E-state index is -0.445. The van der Waals surface area contributed by atoms with Gasteiger partial charge in [0.25, 0.3) is 11.8 Å². The van der Waals surface area contributed by atoms with Crippen molar-refractivity contribution in [1.82, 2.24) is 4.57 Å². The monoisotopic (exact) mass is 583 g/mol. The summed E-state index contributed by atoms with van der Waals surface area (Å²) in [6, 6.07) is 25.0. The SMILES string of the molecule is Cc1ccc(N2C(=O)/C(=C\c3cc(C)n(-c4ccc(Br)cc4)c3C)C(=O)N(c3ccccc3)C2=S)cc1C. The van der Waals surface area contributed by atoms with Gasteiger partial charge in [-0.2, -0.15) is 0 Å². The van der Waals surface area contributed by atoms with E-state index in [1.165, 1.54) is 9.80 Å². The molecule has 190 valence electrons. The van der Waals surface area contributed by atoms with Crippen molar-refractivity contribution in [3.8, 4) is 5.69 Å². The lowest BCUT2D eigenvalue weighted by molar-refractivity contribution is -0.120. The van der Waals surface area contributed by atoms with E-state index < -0.39 is 11.8 Å². The summed E-state index contributed by atoms with van der Waals surface area (Å²) < 4.78 is 3.10. The fourth-order valence-corrected chi connectivity index (χ4v) is 5.34. The Morgan fingerprint density at radius 3 is 1.95 bits per heavy atom. The van der Waals surface area contributed by atoms with Crippen LogP contribution < -0.4 is 9.80 Å². The molecule has 0 spiro atoms. The third-order valence-electron chi connectivity index (χ3n) is 6.87. The van der Waals surface area contributed by atoms with Crippen molar-refractivity contribution in [2.45, 2.75) is 27.7 Å². The zero-order valence-electron chi connectivity index (χ0n) is 21.5. The van der Waals surface area contributed by atoms with E-state index in [1.54, 1.807) is 6.08 Å². The molecule has 1 saturated heterocycles. The number of anilines is 2. The zero-order valence-corrected chi connectivity index (χ0v) is 23.9. The third-order valence-corrected chi connectivity index (χ3v) is 7.76. The quantitative estimate of drug-likeness (QED) is 0.145. The number of hydrogen-bond donors (Lipinski definition) is 0. The van der Waals surface area contributed by atoms with E-state index in [0.29, 0.717) is 11.4 Å². The Morgan fingerprint density at radius 2 is 1.32 bits per heavy atom. The van der Waals surface area contributed by atoms with Crippen molar-refractivity contribution in [2.24, 2.45) is 0 Å². The molecule has 0 N–H and O–H groups in total. The van der Waals surface area contributed by atoms with Crippen LogP contribution in [0.2, 0.25) is 0 Å². The molecule has 1 aromatic heterocycles. The van der Waals surface area contributed by atoms with Crippen molar-refractivity contribution >= 4 is 62.5 Å². The van der Waals surface area contributed by atoms with Crippen molar-refractivity contribution in [1.29, 1.82) is 0 Å². The van der Waals surface area contributed by atoms with E-state index in [0.717, 1.165) is 38.2 Å². The molecule has 0 aliphatic carbocycles. The molecule has 3 aromatic carbocycles. The van der Waals surface area contributed by atoms with Gasteiger partial charge in [0.2, 0.25) is 0 Å². The van der Waals surface area contributed by atoms with Crippen LogP contribution in [0.1, 0.15) is 28.1 Å². The van der Waals surface area contributed by atoms with Crippen LogP contribution in [0.25, 0.3) is 11.8 Å². The van der Waals surface area contributed by atoms with Crippen LogP contribution in [-0.4, -0.2) is 21.5 Å². The number of aryl methyl sites for hydroxylation is 3. The van der Waals surface area contributed by atoms with Crippen molar-refractivity contribution < 1.29 is 9.59 Å². The first-order chi connectivity index (χ1) is 18.2. The number of rotatable bonds is 4.